The van der Waals surface area contributed by atoms with E-state index in [0.29, 0.717) is 23.4 Å². The third kappa shape index (κ3) is 4.88. The van der Waals surface area contributed by atoms with Gasteiger partial charge < -0.3 is 19.1 Å². The molecule has 1 aromatic heterocycles. The van der Waals surface area contributed by atoms with Crippen LogP contribution in [0.15, 0.2) is 43.0 Å². The van der Waals surface area contributed by atoms with Crippen LogP contribution in [0.1, 0.15) is 27.3 Å². The van der Waals surface area contributed by atoms with E-state index in [2.05, 4.69) is 6.58 Å². The van der Waals surface area contributed by atoms with Crippen molar-refractivity contribution in [2.45, 2.75) is 20.4 Å². The molecule has 0 saturated carbocycles. The van der Waals surface area contributed by atoms with Gasteiger partial charge in [0.15, 0.2) is 18.1 Å². The van der Waals surface area contributed by atoms with E-state index in [-0.39, 0.29) is 18.1 Å². The number of aromatic nitrogens is 1. The van der Waals surface area contributed by atoms with E-state index >= 15 is 0 Å². The number of methoxy groups -OCH3 is 1. The van der Waals surface area contributed by atoms with Crippen molar-refractivity contribution in [3.05, 3.63) is 65.5 Å². The van der Waals surface area contributed by atoms with Crippen molar-refractivity contribution < 1.29 is 24.2 Å². The maximum absolute atomic E-state index is 12.4. The number of phenolic OH excluding ortho intramolecular Hbond substituents is 1. The number of carbonyl (C=O) groups excluding carboxylic acids is 2. The minimum atomic E-state index is -0.629. The molecule has 0 amide bonds. The van der Waals surface area contributed by atoms with Gasteiger partial charge in [0.05, 0.1) is 7.11 Å². The second-order valence-corrected chi connectivity index (χ2v) is 5.98. The SMILES string of the molecule is C=CCn1c(C)cc(C(=O)COC(=O)/C=C/c2ccc(O)c(OC)c2)c1C. The van der Waals surface area contributed by atoms with Crippen molar-refractivity contribution >= 4 is 17.8 Å². The number of allylic oxidation sites excluding steroid dienone is 1. The fourth-order valence-electron chi connectivity index (χ4n) is 2.72. The minimum absolute atomic E-state index is 0.0110. The highest BCUT2D eigenvalue weighted by atomic mass is 16.5. The minimum Gasteiger partial charge on any atom is -0.504 e. The molecule has 27 heavy (non-hydrogen) atoms. The maximum atomic E-state index is 12.4. The zero-order valence-electron chi connectivity index (χ0n) is 15.7. The molecule has 1 N–H and O–H groups in total. The Bertz CT molecular complexity index is 892. The van der Waals surface area contributed by atoms with Crippen molar-refractivity contribution in [1.82, 2.24) is 4.57 Å². The number of nitrogens with zero attached hydrogens (tertiary/aromatic N) is 1. The second kappa shape index (κ2) is 8.89. The summed E-state index contributed by atoms with van der Waals surface area (Å²) < 4.78 is 12.0. The lowest BCUT2D eigenvalue weighted by Gasteiger charge is -2.06. The Hall–Kier alpha value is -3.28. The highest BCUT2D eigenvalue weighted by Crippen LogP contribution is 2.26. The van der Waals surface area contributed by atoms with E-state index in [1.807, 2.05) is 18.4 Å². The lowest BCUT2D eigenvalue weighted by atomic mass is 10.1. The first kappa shape index (κ1) is 20.0. The van der Waals surface area contributed by atoms with E-state index in [9.17, 15) is 14.7 Å². The largest absolute Gasteiger partial charge is 0.504 e. The molecular formula is C21H23NO5. The van der Waals surface area contributed by atoms with Gasteiger partial charge in [-0.25, -0.2) is 4.79 Å². The lowest BCUT2D eigenvalue weighted by molar-refractivity contribution is -0.136. The van der Waals surface area contributed by atoms with Gasteiger partial charge in [-0.15, -0.1) is 6.58 Å². The lowest BCUT2D eigenvalue weighted by Crippen LogP contribution is -2.13. The number of benzene rings is 1. The molecule has 2 rings (SSSR count). The fourth-order valence-corrected chi connectivity index (χ4v) is 2.72. The van der Waals surface area contributed by atoms with Gasteiger partial charge in [0.2, 0.25) is 5.78 Å². The predicted octanol–water partition coefficient (Wildman–Crippen LogP) is 3.44. The standard InChI is InChI=1S/C21H23NO5/c1-5-10-22-14(2)11-17(15(22)3)19(24)13-27-21(25)9-7-16-6-8-18(23)20(12-16)26-4/h5-9,11-12,23H,1,10,13H2,2-4H3/b9-7+. The van der Waals surface area contributed by atoms with E-state index < -0.39 is 5.97 Å². The smallest absolute Gasteiger partial charge is 0.331 e. The number of aromatic hydroxyl groups is 1. The number of ketones is 1. The van der Waals surface area contributed by atoms with Gasteiger partial charge in [-0.05, 0) is 43.7 Å². The summed E-state index contributed by atoms with van der Waals surface area (Å²) in [6.45, 7) is 7.75. The van der Waals surface area contributed by atoms with Crippen LogP contribution in [-0.4, -0.2) is 35.1 Å². The summed E-state index contributed by atoms with van der Waals surface area (Å²) in [6, 6.07) is 6.46. The number of rotatable bonds is 8. The summed E-state index contributed by atoms with van der Waals surface area (Å²) in [7, 11) is 1.44. The predicted molar refractivity (Wildman–Crippen MR) is 103 cm³/mol. The van der Waals surface area contributed by atoms with E-state index in [1.54, 1.807) is 24.3 Å². The normalized spacial score (nSPS) is 10.8. The molecule has 0 spiro atoms. The first-order valence-corrected chi connectivity index (χ1v) is 8.40. The van der Waals surface area contributed by atoms with Gasteiger partial charge in [0, 0.05) is 29.6 Å². The summed E-state index contributed by atoms with van der Waals surface area (Å²) in [4.78, 5) is 24.2. The van der Waals surface area contributed by atoms with Gasteiger partial charge in [-0.2, -0.15) is 0 Å². The summed E-state index contributed by atoms with van der Waals surface area (Å²) in [5, 5.41) is 9.56. The Morgan fingerprint density at radius 1 is 1.26 bits per heavy atom. The highest BCUT2D eigenvalue weighted by molar-refractivity contribution is 6.00. The van der Waals surface area contributed by atoms with Crippen molar-refractivity contribution in [3.8, 4) is 11.5 Å². The Labute approximate surface area is 158 Å². The quantitative estimate of drug-likeness (QED) is 0.334. The molecule has 6 heteroatoms. The summed E-state index contributed by atoms with van der Waals surface area (Å²) >= 11 is 0. The van der Waals surface area contributed by atoms with Gasteiger partial charge in [-0.3, -0.25) is 4.79 Å². The van der Waals surface area contributed by atoms with Crippen LogP contribution in [0.4, 0.5) is 0 Å². The molecule has 6 nitrogen and oxygen atoms in total. The van der Waals surface area contributed by atoms with Crippen LogP contribution in [0.3, 0.4) is 0 Å². The van der Waals surface area contributed by atoms with E-state index in [4.69, 9.17) is 9.47 Å². The molecule has 0 radical (unpaired) electrons. The van der Waals surface area contributed by atoms with Crippen LogP contribution in [0, 0.1) is 13.8 Å². The number of hydrogen-bond donors (Lipinski definition) is 1. The number of Topliss-reactive ketones (excluding diaryl/α,β-unsaturated/α-hetero) is 1. The number of ether oxygens (including phenoxy) is 2. The average molecular weight is 369 g/mol. The third-order valence-electron chi connectivity index (χ3n) is 4.15. The zero-order valence-corrected chi connectivity index (χ0v) is 15.7. The zero-order chi connectivity index (χ0) is 20.0. The number of esters is 1. The summed E-state index contributed by atoms with van der Waals surface area (Å²) in [5.74, 6) is -0.575. The third-order valence-corrected chi connectivity index (χ3v) is 4.15. The van der Waals surface area contributed by atoms with Crippen molar-refractivity contribution in [2.24, 2.45) is 0 Å². The molecule has 0 unspecified atom stereocenters. The van der Waals surface area contributed by atoms with E-state index in [0.717, 1.165) is 11.4 Å². The number of hydrogen-bond acceptors (Lipinski definition) is 5. The van der Waals surface area contributed by atoms with Gasteiger partial charge in [0.25, 0.3) is 0 Å². The van der Waals surface area contributed by atoms with E-state index in [1.165, 1.54) is 25.3 Å². The van der Waals surface area contributed by atoms with Gasteiger partial charge in [-0.1, -0.05) is 12.1 Å². The molecule has 1 aromatic carbocycles. The first-order valence-electron chi connectivity index (χ1n) is 8.40. The van der Waals surface area contributed by atoms with Gasteiger partial charge >= 0.3 is 5.97 Å². The van der Waals surface area contributed by atoms with Crippen LogP contribution in [-0.2, 0) is 16.1 Å². The van der Waals surface area contributed by atoms with Crippen molar-refractivity contribution in [3.63, 3.8) is 0 Å². The molecular weight excluding hydrogens is 346 g/mol. The van der Waals surface area contributed by atoms with Crippen LogP contribution in [0.5, 0.6) is 11.5 Å². The van der Waals surface area contributed by atoms with Gasteiger partial charge in [0.1, 0.15) is 0 Å². The molecule has 142 valence electrons. The molecule has 1 heterocycles. The van der Waals surface area contributed by atoms with Crippen LogP contribution in [0.2, 0.25) is 0 Å². The molecule has 0 saturated heterocycles. The van der Waals surface area contributed by atoms with Crippen LogP contribution >= 0.6 is 0 Å². The Morgan fingerprint density at radius 2 is 2.00 bits per heavy atom. The number of carbonyl (C=O) groups is 2. The van der Waals surface area contributed by atoms with Crippen LogP contribution in [0.25, 0.3) is 6.08 Å². The average Bonchev–Trinajstić information content (AvgIpc) is 2.94. The Balaban J connectivity index is 1.98. The second-order valence-electron chi connectivity index (χ2n) is 5.98. The van der Waals surface area contributed by atoms with Crippen molar-refractivity contribution in [2.75, 3.05) is 13.7 Å². The van der Waals surface area contributed by atoms with Crippen LogP contribution < -0.4 is 4.74 Å². The van der Waals surface area contributed by atoms with Crippen molar-refractivity contribution in [1.29, 1.82) is 0 Å². The Kier molecular flexibility index (Phi) is 6.60. The Morgan fingerprint density at radius 3 is 2.67 bits per heavy atom. The molecule has 0 aliphatic rings. The highest BCUT2D eigenvalue weighted by Gasteiger charge is 2.16. The molecule has 0 fully saturated rings. The molecule has 2 aromatic rings. The molecule has 0 aliphatic heterocycles. The fraction of sp³-hybridized carbons (Fsp3) is 0.238. The number of phenols is 1. The summed E-state index contributed by atoms with van der Waals surface area (Å²) in [6.07, 6.45) is 4.50. The maximum Gasteiger partial charge on any atom is 0.331 e. The monoisotopic (exact) mass is 369 g/mol. The molecule has 0 aliphatic carbocycles. The first-order chi connectivity index (χ1) is 12.9. The molecule has 0 atom stereocenters. The summed E-state index contributed by atoms with van der Waals surface area (Å²) in [5.41, 5.74) is 2.96. The molecule has 0 bridgehead atoms. The number of aryl methyl sites for hydroxylation is 1. The topological polar surface area (TPSA) is 77.8 Å².